The van der Waals surface area contributed by atoms with Crippen molar-refractivity contribution in [3.8, 4) is 17.2 Å². The minimum absolute atomic E-state index is 0.0578. The lowest BCUT2D eigenvalue weighted by Gasteiger charge is -2.23. The Hall–Kier alpha value is -4.35. The maximum Gasteiger partial charge on any atom is 0.301 e. The van der Waals surface area contributed by atoms with Crippen molar-refractivity contribution in [2.45, 2.75) is 43.3 Å². The van der Waals surface area contributed by atoms with E-state index in [1.54, 1.807) is 42.5 Å². The molecule has 1 amide bonds. The molecule has 5 rings (SSSR count). The number of aliphatic hydroxyl groups is 1. The van der Waals surface area contributed by atoms with Crippen LogP contribution in [0.3, 0.4) is 0 Å². The molecule has 1 N–H and O–H groups in total. The first-order valence-electron chi connectivity index (χ1n) is 14.4. The highest BCUT2D eigenvalue weighted by Gasteiger charge is 2.48. The molecule has 228 valence electrons. The van der Waals surface area contributed by atoms with E-state index in [2.05, 4.69) is 10.2 Å². The quantitative estimate of drug-likeness (QED) is 0.0546. The highest BCUT2D eigenvalue weighted by Crippen LogP contribution is 2.45. The monoisotopic (exact) mass is 631 g/mol. The Kier molecular flexibility index (Phi) is 10.2. The van der Waals surface area contributed by atoms with E-state index in [0.717, 1.165) is 12.0 Å². The molecule has 1 aliphatic rings. The Labute approximate surface area is 264 Å². The van der Waals surface area contributed by atoms with E-state index in [-0.39, 0.29) is 16.5 Å². The van der Waals surface area contributed by atoms with E-state index < -0.39 is 17.7 Å². The van der Waals surface area contributed by atoms with Crippen LogP contribution in [0.25, 0.3) is 5.76 Å². The van der Waals surface area contributed by atoms with Crippen LogP contribution in [0.4, 0.5) is 5.13 Å². The minimum atomic E-state index is -0.985. The zero-order chi connectivity index (χ0) is 31.1. The first-order chi connectivity index (χ1) is 21.4. The van der Waals surface area contributed by atoms with Crippen LogP contribution in [0.15, 0.2) is 82.7 Å². The smallest absolute Gasteiger partial charge is 0.301 e. The van der Waals surface area contributed by atoms with Crippen molar-refractivity contribution >= 4 is 45.7 Å². The number of hydrogen-bond donors (Lipinski definition) is 1. The zero-order valence-electron chi connectivity index (χ0n) is 24.7. The summed E-state index contributed by atoms with van der Waals surface area (Å²) in [5.74, 6) is 0.392. The average Bonchev–Trinajstić information content (AvgIpc) is 3.62. The second-order valence-electron chi connectivity index (χ2n) is 9.74. The lowest BCUT2D eigenvalue weighted by molar-refractivity contribution is -0.132. The zero-order valence-corrected chi connectivity index (χ0v) is 26.3. The van der Waals surface area contributed by atoms with E-state index in [0.29, 0.717) is 58.3 Å². The number of ether oxygens (including phenoxy) is 3. The molecule has 1 aromatic heterocycles. The molecule has 1 fully saturated rings. The molecular weight excluding hydrogens is 599 g/mol. The standard InChI is InChI=1S/C33H33N3O6S2/c1-4-18-42-24-15-12-22(13-16-24)29(37)27-28(23-14-17-25(40-5-2)26(19-23)41-6-3)36(31(39)30(27)38)32-34-35-33(44-32)43-20-21-10-8-7-9-11-21/h7-17,19,28,37H,4-6,18,20H2,1-3H3. The highest BCUT2D eigenvalue weighted by atomic mass is 32.2. The molecule has 2 heterocycles. The molecule has 3 aromatic carbocycles. The number of Topliss-reactive ketones (excluding diaryl/α,β-unsaturated/α-hetero) is 1. The van der Waals surface area contributed by atoms with E-state index in [1.807, 2.05) is 51.1 Å². The van der Waals surface area contributed by atoms with Gasteiger partial charge < -0.3 is 19.3 Å². The maximum absolute atomic E-state index is 13.7. The van der Waals surface area contributed by atoms with Crippen molar-refractivity contribution in [2.75, 3.05) is 24.7 Å². The summed E-state index contributed by atoms with van der Waals surface area (Å²) in [6, 6.07) is 21.0. The molecule has 0 spiro atoms. The Morgan fingerprint density at radius 2 is 1.64 bits per heavy atom. The highest BCUT2D eigenvalue weighted by molar-refractivity contribution is 8.00. The molecule has 0 bridgehead atoms. The lowest BCUT2D eigenvalue weighted by Crippen LogP contribution is -2.29. The van der Waals surface area contributed by atoms with Crippen molar-refractivity contribution in [3.63, 3.8) is 0 Å². The molecule has 4 aromatic rings. The summed E-state index contributed by atoms with van der Waals surface area (Å²) in [7, 11) is 0. The number of aliphatic hydroxyl groups excluding tert-OH is 1. The number of nitrogens with zero attached hydrogens (tertiary/aromatic N) is 3. The molecule has 0 radical (unpaired) electrons. The Balaban J connectivity index is 1.57. The van der Waals surface area contributed by atoms with Gasteiger partial charge in [0, 0.05) is 11.3 Å². The summed E-state index contributed by atoms with van der Waals surface area (Å²) >= 11 is 2.71. The van der Waals surface area contributed by atoms with Gasteiger partial charge in [-0.05, 0) is 67.8 Å². The molecule has 0 aliphatic carbocycles. The second-order valence-corrected chi connectivity index (χ2v) is 11.9. The Morgan fingerprint density at radius 3 is 2.34 bits per heavy atom. The minimum Gasteiger partial charge on any atom is -0.507 e. The van der Waals surface area contributed by atoms with Gasteiger partial charge in [0.15, 0.2) is 15.8 Å². The van der Waals surface area contributed by atoms with E-state index >= 15 is 0 Å². The van der Waals surface area contributed by atoms with Gasteiger partial charge in [-0.25, -0.2) is 0 Å². The van der Waals surface area contributed by atoms with Gasteiger partial charge in [0.2, 0.25) is 5.13 Å². The fourth-order valence-corrected chi connectivity index (χ4v) is 6.57. The summed E-state index contributed by atoms with van der Waals surface area (Å²) < 4.78 is 17.9. The van der Waals surface area contributed by atoms with Crippen molar-refractivity contribution in [3.05, 3.63) is 95.1 Å². The summed E-state index contributed by atoms with van der Waals surface area (Å²) in [5.41, 5.74) is 1.99. The maximum atomic E-state index is 13.7. The van der Waals surface area contributed by atoms with Crippen LogP contribution in [-0.4, -0.2) is 46.8 Å². The Bertz CT molecular complexity index is 1640. The lowest BCUT2D eigenvalue weighted by atomic mass is 9.95. The Morgan fingerprint density at radius 1 is 0.909 bits per heavy atom. The average molecular weight is 632 g/mol. The number of ketones is 1. The number of amides is 1. The number of hydrogen-bond acceptors (Lipinski definition) is 10. The molecule has 1 unspecified atom stereocenters. The van der Waals surface area contributed by atoms with Gasteiger partial charge in [0.25, 0.3) is 5.78 Å². The van der Waals surface area contributed by atoms with E-state index in [1.165, 1.54) is 28.0 Å². The van der Waals surface area contributed by atoms with E-state index in [9.17, 15) is 14.7 Å². The van der Waals surface area contributed by atoms with Crippen LogP contribution in [0.2, 0.25) is 0 Å². The fourth-order valence-electron chi connectivity index (χ4n) is 4.74. The van der Waals surface area contributed by atoms with Crippen LogP contribution >= 0.6 is 23.1 Å². The third-order valence-electron chi connectivity index (χ3n) is 6.74. The molecule has 1 atom stereocenters. The van der Waals surface area contributed by atoms with Gasteiger partial charge >= 0.3 is 5.91 Å². The normalized spacial score (nSPS) is 15.9. The molecule has 44 heavy (non-hydrogen) atoms. The number of thioether (sulfide) groups is 1. The molecular formula is C33H33N3O6S2. The molecule has 11 heteroatoms. The predicted octanol–water partition coefficient (Wildman–Crippen LogP) is 7.04. The van der Waals surface area contributed by atoms with Gasteiger partial charge in [-0.3, -0.25) is 14.5 Å². The van der Waals surface area contributed by atoms with Crippen molar-refractivity contribution in [2.24, 2.45) is 0 Å². The number of aromatic nitrogens is 2. The number of anilines is 1. The number of carbonyl (C=O) groups excluding carboxylic acids is 2. The van der Waals surface area contributed by atoms with Gasteiger partial charge in [0.1, 0.15) is 11.5 Å². The number of benzene rings is 3. The largest absolute Gasteiger partial charge is 0.507 e. The van der Waals surface area contributed by atoms with Crippen molar-refractivity contribution in [1.29, 1.82) is 0 Å². The van der Waals surface area contributed by atoms with Gasteiger partial charge in [-0.1, -0.05) is 66.4 Å². The first-order valence-corrected chi connectivity index (χ1v) is 16.2. The van der Waals surface area contributed by atoms with Crippen LogP contribution in [0.5, 0.6) is 17.2 Å². The predicted molar refractivity (Wildman–Crippen MR) is 172 cm³/mol. The van der Waals surface area contributed by atoms with Crippen molar-refractivity contribution in [1.82, 2.24) is 10.2 Å². The molecule has 1 aliphatic heterocycles. The van der Waals surface area contributed by atoms with Crippen molar-refractivity contribution < 1.29 is 28.9 Å². The second kappa shape index (κ2) is 14.4. The number of rotatable bonds is 13. The molecule has 1 saturated heterocycles. The van der Waals surface area contributed by atoms with Crippen LogP contribution in [0.1, 0.15) is 49.9 Å². The van der Waals surface area contributed by atoms with Crippen LogP contribution in [0, 0.1) is 0 Å². The van der Waals surface area contributed by atoms with Crippen LogP contribution < -0.4 is 19.1 Å². The van der Waals surface area contributed by atoms with Crippen LogP contribution in [-0.2, 0) is 15.3 Å². The summed E-state index contributed by atoms with van der Waals surface area (Å²) in [5, 5.41) is 20.4. The van der Waals surface area contributed by atoms with E-state index in [4.69, 9.17) is 14.2 Å². The summed E-state index contributed by atoms with van der Waals surface area (Å²) in [4.78, 5) is 28.6. The third-order valence-corrected chi connectivity index (χ3v) is 8.86. The fraction of sp³-hybridized carbons (Fsp3) is 0.273. The molecule has 0 saturated carbocycles. The van der Waals surface area contributed by atoms with Gasteiger partial charge in [-0.15, -0.1) is 10.2 Å². The SMILES string of the molecule is CCCOc1ccc(C(O)=C2C(=O)C(=O)N(c3nnc(SCc4ccccc4)s3)C2c2ccc(OCC)c(OCC)c2)cc1. The third kappa shape index (κ3) is 6.74. The first kappa shape index (κ1) is 31.1. The topological polar surface area (TPSA) is 111 Å². The summed E-state index contributed by atoms with van der Waals surface area (Å²) in [6.07, 6.45) is 0.856. The van der Waals surface area contributed by atoms with Gasteiger partial charge in [0.05, 0.1) is 31.4 Å². The van der Waals surface area contributed by atoms with Gasteiger partial charge in [-0.2, -0.15) is 0 Å². The molecule has 9 nitrogen and oxygen atoms in total. The number of carbonyl (C=O) groups is 2. The summed E-state index contributed by atoms with van der Waals surface area (Å²) in [6.45, 7) is 7.13.